The van der Waals surface area contributed by atoms with Crippen LogP contribution >= 0.6 is 0 Å². The first-order valence-corrected chi connectivity index (χ1v) is 10.3. The molecule has 0 aliphatic carbocycles. The molecule has 8 heteroatoms. The number of nitrogens with one attached hydrogen (secondary N) is 1. The lowest BCUT2D eigenvalue weighted by atomic mass is 9.93. The molecule has 0 radical (unpaired) electrons. The molecule has 4 rings (SSSR count). The molecular weight excluding hydrogens is 436 g/mol. The highest BCUT2D eigenvalue weighted by molar-refractivity contribution is 6.01. The number of hydrogen-bond donors (Lipinski definition) is 2. The number of aliphatic carboxylic acids is 1. The van der Waals surface area contributed by atoms with Crippen molar-refractivity contribution in [2.45, 2.75) is 33.1 Å². The van der Waals surface area contributed by atoms with E-state index in [-0.39, 0.29) is 12.1 Å². The number of aromatic nitrogens is 1. The number of carboxylic acid groups (broad SMARTS) is 1. The second kappa shape index (κ2) is 8.69. The second-order valence-corrected chi connectivity index (χ2v) is 7.94. The predicted octanol–water partition coefficient (Wildman–Crippen LogP) is 6.31. The van der Waals surface area contributed by atoms with E-state index in [2.05, 4.69) is 9.98 Å². The van der Waals surface area contributed by atoms with Gasteiger partial charge in [0.1, 0.15) is 0 Å². The minimum absolute atomic E-state index is 0.0520. The minimum atomic E-state index is -1.88. The van der Waals surface area contributed by atoms with Gasteiger partial charge in [-0.3, -0.25) is 9.79 Å². The third-order valence-corrected chi connectivity index (χ3v) is 5.83. The molecule has 2 heterocycles. The highest BCUT2D eigenvalue weighted by Crippen LogP contribution is 2.39. The first kappa shape index (κ1) is 22.5. The third-order valence-electron chi connectivity index (χ3n) is 5.83. The Morgan fingerprint density at radius 1 is 1.00 bits per heavy atom. The van der Waals surface area contributed by atoms with Crippen molar-refractivity contribution in [3.63, 3.8) is 0 Å². The Kier molecular flexibility index (Phi) is 5.93. The van der Waals surface area contributed by atoms with Crippen LogP contribution in [-0.2, 0) is 11.2 Å². The Labute approximate surface area is 187 Å². The number of aromatic amines is 1. The van der Waals surface area contributed by atoms with Crippen LogP contribution in [0.3, 0.4) is 0 Å². The van der Waals surface area contributed by atoms with Crippen molar-refractivity contribution in [2.75, 3.05) is 0 Å². The lowest BCUT2D eigenvalue weighted by Gasteiger charge is -2.13. The molecule has 0 atom stereocenters. The average Bonchev–Trinajstić information content (AvgIpc) is 3.37. The maximum absolute atomic E-state index is 14.8. The van der Waals surface area contributed by atoms with Crippen molar-refractivity contribution in [2.24, 2.45) is 4.99 Å². The van der Waals surface area contributed by atoms with E-state index in [9.17, 15) is 22.4 Å². The Bertz CT molecular complexity index is 1370. The molecule has 0 bridgehead atoms. The zero-order valence-electron chi connectivity index (χ0n) is 17.9. The zero-order valence-corrected chi connectivity index (χ0v) is 17.9. The van der Waals surface area contributed by atoms with E-state index >= 15 is 0 Å². The number of carboxylic acids is 1. The minimum Gasteiger partial charge on any atom is -0.481 e. The number of aryl methyl sites for hydroxylation is 1. The molecule has 33 heavy (non-hydrogen) atoms. The van der Waals surface area contributed by atoms with Crippen LogP contribution in [0.5, 0.6) is 0 Å². The summed E-state index contributed by atoms with van der Waals surface area (Å²) in [5.41, 5.74) is 4.20. The van der Waals surface area contributed by atoms with Gasteiger partial charge in [-0.25, -0.2) is 17.6 Å². The summed E-state index contributed by atoms with van der Waals surface area (Å²) in [6, 6.07) is 7.14. The number of hydrogen-bond acceptors (Lipinski definition) is 2. The van der Waals surface area contributed by atoms with E-state index in [0.717, 1.165) is 22.9 Å². The van der Waals surface area contributed by atoms with Crippen molar-refractivity contribution in [1.29, 1.82) is 0 Å². The summed E-state index contributed by atoms with van der Waals surface area (Å²) < 4.78 is 57.0. The molecule has 0 unspecified atom stereocenters. The van der Waals surface area contributed by atoms with Gasteiger partial charge in [-0.1, -0.05) is 24.3 Å². The van der Waals surface area contributed by atoms with Gasteiger partial charge >= 0.3 is 5.97 Å². The van der Waals surface area contributed by atoms with Crippen LogP contribution in [-0.4, -0.2) is 22.3 Å². The maximum atomic E-state index is 14.8. The number of nitrogens with zero attached hydrogens (tertiary/aromatic N) is 1. The molecule has 0 amide bonds. The summed E-state index contributed by atoms with van der Waals surface area (Å²) in [6.07, 6.45) is 3.84. The van der Waals surface area contributed by atoms with E-state index in [4.69, 9.17) is 5.11 Å². The molecule has 0 fully saturated rings. The first-order valence-electron chi connectivity index (χ1n) is 10.3. The lowest BCUT2D eigenvalue weighted by Crippen LogP contribution is -2.00. The van der Waals surface area contributed by atoms with E-state index in [1.54, 1.807) is 18.3 Å². The third kappa shape index (κ3) is 3.97. The average molecular weight is 456 g/mol. The molecule has 2 aromatic carbocycles. The number of carbonyl (C=O) groups is 1. The highest BCUT2D eigenvalue weighted by atomic mass is 19.2. The molecular formula is C25H20F4N2O2. The van der Waals surface area contributed by atoms with Crippen LogP contribution in [0, 0.1) is 23.3 Å². The van der Waals surface area contributed by atoms with Crippen LogP contribution in [0.15, 0.2) is 52.3 Å². The van der Waals surface area contributed by atoms with Gasteiger partial charge in [0.05, 0.1) is 11.4 Å². The Hall–Kier alpha value is -3.68. The summed E-state index contributed by atoms with van der Waals surface area (Å²) >= 11 is 0. The molecule has 1 aromatic heterocycles. The fraction of sp³-hybridized carbons (Fsp3) is 0.200. The fourth-order valence-corrected chi connectivity index (χ4v) is 3.92. The van der Waals surface area contributed by atoms with Crippen LogP contribution in [0.1, 0.15) is 43.5 Å². The lowest BCUT2D eigenvalue weighted by molar-refractivity contribution is -0.137. The number of rotatable bonds is 6. The number of benzene rings is 2. The Morgan fingerprint density at radius 3 is 2.27 bits per heavy atom. The van der Waals surface area contributed by atoms with Gasteiger partial charge in [0.2, 0.25) is 0 Å². The topological polar surface area (TPSA) is 65.4 Å². The van der Waals surface area contributed by atoms with Crippen molar-refractivity contribution >= 4 is 28.5 Å². The molecule has 0 saturated heterocycles. The van der Waals surface area contributed by atoms with Gasteiger partial charge in [0.15, 0.2) is 23.3 Å². The van der Waals surface area contributed by atoms with Crippen molar-refractivity contribution in [1.82, 2.24) is 4.98 Å². The van der Waals surface area contributed by atoms with Gasteiger partial charge in [-0.05, 0) is 49.0 Å². The molecule has 3 aromatic rings. The maximum Gasteiger partial charge on any atom is 0.303 e. The smallest absolute Gasteiger partial charge is 0.303 e. The summed E-state index contributed by atoms with van der Waals surface area (Å²) in [6.45, 7) is 3.69. The summed E-state index contributed by atoms with van der Waals surface area (Å²) in [7, 11) is 0. The summed E-state index contributed by atoms with van der Waals surface area (Å²) in [5.74, 6) is -7.56. The quantitative estimate of drug-likeness (QED) is 0.259. The van der Waals surface area contributed by atoms with Crippen LogP contribution < -0.4 is 0 Å². The molecule has 2 N–H and O–H groups in total. The van der Waals surface area contributed by atoms with Gasteiger partial charge < -0.3 is 10.1 Å². The zero-order chi connectivity index (χ0) is 23.9. The molecule has 1 aliphatic rings. The van der Waals surface area contributed by atoms with E-state index in [0.29, 0.717) is 29.7 Å². The predicted molar refractivity (Wildman–Crippen MR) is 118 cm³/mol. The fourth-order valence-electron chi connectivity index (χ4n) is 3.92. The number of allylic oxidation sites excluding steroid dienone is 2. The number of fused-ring (bicyclic) bond motifs is 1. The standard InChI is InChI=1S/C25H20F4N2O2/c1-12-10-30-24(13(12)2)18(15-8-6-14(7-9-15)4-3-5-17(32)33)25-19-16(11-31-25)20(26)22(28)23(29)21(19)27/h6-11,31H,3-5H2,1-2H3,(H,32,33)/b24-18-. The Morgan fingerprint density at radius 2 is 1.67 bits per heavy atom. The number of halogens is 4. The normalized spacial score (nSPS) is 15.1. The van der Waals surface area contributed by atoms with Gasteiger partial charge in [0.25, 0.3) is 0 Å². The monoisotopic (exact) mass is 456 g/mol. The molecule has 1 aliphatic heterocycles. The SMILES string of the molecule is CC1=C(C)/C(=C(\c2ccc(CCCC(=O)O)cc2)c2[nH]cc3c(F)c(F)c(F)c(F)c23)N=C1. The van der Waals surface area contributed by atoms with Crippen molar-refractivity contribution < 1.29 is 27.5 Å². The van der Waals surface area contributed by atoms with Crippen LogP contribution in [0.2, 0.25) is 0 Å². The molecule has 0 saturated carbocycles. The second-order valence-electron chi connectivity index (χ2n) is 7.94. The van der Waals surface area contributed by atoms with E-state index < -0.39 is 40.0 Å². The highest BCUT2D eigenvalue weighted by Gasteiger charge is 2.27. The van der Waals surface area contributed by atoms with Gasteiger partial charge in [-0.15, -0.1) is 0 Å². The molecule has 170 valence electrons. The number of aliphatic imine (C=N–C) groups is 1. The summed E-state index contributed by atoms with van der Waals surface area (Å²) in [4.78, 5) is 18.0. The van der Waals surface area contributed by atoms with Crippen LogP contribution in [0.4, 0.5) is 17.6 Å². The Balaban J connectivity index is 1.89. The van der Waals surface area contributed by atoms with Gasteiger partial charge in [0, 0.05) is 35.2 Å². The van der Waals surface area contributed by atoms with Crippen molar-refractivity contribution in [3.05, 3.63) is 87.4 Å². The summed E-state index contributed by atoms with van der Waals surface area (Å²) in [5, 5.41) is 8.02. The number of H-pyrrole nitrogens is 1. The van der Waals surface area contributed by atoms with E-state index in [1.807, 2.05) is 26.0 Å². The largest absolute Gasteiger partial charge is 0.481 e. The molecule has 0 spiro atoms. The first-order chi connectivity index (χ1) is 15.7. The molecule has 4 nitrogen and oxygen atoms in total. The van der Waals surface area contributed by atoms with Gasteiger partial charge in [-0.2, -0.15) is 0 Å². The van der Waals surface area contributed by atoms with Crippen molar-refractivity contribution in [3.8, 4) is 0 Å². The van der Waals surface area contributed by atoms with Crippen LogP contribution in [0.25, 0.3) is 16.3 Å². The van der Waals surface area contributed by atoms with E-state index in [1.165, 1.54) is 0 Å².